The number of nitrogens with zero attached hydrogens (tertiary/aromatic N) is 1. The maximum absolute atomic E-state index is 11.9. The van der Waals surface area contributed by atoms with Gasteiger partial charge < -0.3 is 10.1 Å². The molecule has 0 radical (unpaired) electrons. The Balaban J connectivity index is 1.96. The van der Waals surface area contributed by atoms with E-state index in [-0.39, 0.29) is 5.91 Å². The molecular formula is C15H22N2O2. The van der Waals surface area contributed by atoms with Gasteiger partial charge in [0, 0.05) is 11.8 Å². The molecule has 1 amide bonds. The Hall–Kier alpha value is -1.55. The lowest BCUT2D eigenvalue weighted by atomic mass is 10.1. The van der Waals surface area contributed by atoms with E-state index in [9.17, 15) is 4.79 Å². The number of anilines is 1. The highest BCUT2D eigenvalue weighted by Crippen LogP contribution is 2.23. The van der Waals surface area contributed by atoms with Gasteiger partial charge in [0.05, 0.1) is 13.7 Å². The SMILES string of the molecule is CCc1ccc(NC(=O)CN2CCCC2)cc1OC. The van der Waals surface area contributed by atoms with Crippen molar-refractivity contribution in [3.05, 3.63) is 23.8 Å². The fraction of sp³-hybridized carbons (Fsp3) is 0.533. The second kappa shape index (κ2) is 6.57. The van der Waals surface area contributed by atoms with Crippen molar-refractivity contribution in [3.8, 4) is 5.75 Å². The Morgan fingerprint density at radius 3 is 2.74 bits per heavy atom. The number of hydrogen-bond donors (Lipinski definition) is 1. The number of likely N-dealkylation sites (tertiary alicyclic amines) is 1. The third kappa shape index (κ3) is 3.70. The molecular weight excluding hydrogens is 240 g/mol. The average molecular weight is 262 g/mol. The van der Waals surface area contributed by atoms with Crippen LogP contribution >= 0.6 is 0 Å². The molecule has 0 spiro atoms. The van der Waals surface area contributed by atoms with Crippen LogP contribution in [0.1, 0.15) is 25.3 Å². The molecule has 1 aromatic carbocycles. The number of carbonyl (C=O) groups is 1. The van der Waals surface area contributed by atoms with Crippen LogP contribution in [0.4, 0.5) is 5.69 Å². The van der Waals surface area contributed by atoms with Gasteiger partial charge >= 0.3 is 0 Å². The summed E-state index contributed by atoms with van der Waals surface area (Å²) in [5, 5.41) is 2.93. The van der Waals surface area contributed by atoms with Crippen molar-refractivity contribution < 1.29 is 9.53 Å². The van der Waals surface area contributed by atoms with Gasteiger partial charge in [-0.2, -0.15) is 0 Å². The minimum absolute atomic E-state index is 0.0493. The summed E-state index contributed by atoms with van der Waals surface area (Å²) in [5.74, 6) is 0.884. The van der Waals surface area contributed by atoms with Crippen LogP contribution in [0.3, 0.4) is 0 Å². The molecule has 2 rings (SSSR count). The molecule has 104 valence electrons. The molecule has 0 unspecified atom stereocenters. The van der Waals surface area contributed by atoms with Crippen LogP contribution in [-0.4, -0.2) is 37.6 Å². The molecule has 0 aliphatic carbocycles. The zero-order chi connectivity index (χ0) is 13.7. The van der Waals surface area contributed by atoms with E-state index in [1.807, 2.05) is 18.2 Å². The van der Waals surface area contributed by atoms with E-state index in [1.54, 1.807) is 7.11 Å². The zero-order valence-electron chi connectivity index (χ0n) is 11.7. The highest BCUT2D eigenvalue weighted by molar-refractivity contribution is 5.92. The number of rotatable bonds is 5. The molecule has 0 saturated carbocycles. The predicted octanol–water partition coefficient (Wildman–Crippen LogP) is 2.29. The summed E-state index contributed by atoms with van der Waals surface area (Å²) >= 11 is 0. The maximum Gasteiger partial charge on any atom is 0.238 e. The molecule has 1 saturated heterocycles. The smallest absolute Gasteiger partial charge is 0.238 e. The van der Waals surface area contributed by atoms with Crippen LogP contribution in [0.25, 0.3) is 0 Å². The summed E-state index contributed by atoms with van der Waals surface area (Å²) in [6.45, 7) is 4.64. The van der Waals surface area contributed by atoms with E-state index in [1.165, 1.54) is 12.8 Å². The Morgan fingerprint density at radius 2 is 2.11 bits per heavy atom. The summed E-state index contributed by atoms with van der Waals surface area (Å²) in [6.07, 6.45) is 3.32. The third-order valence-electron chi connectivity index (χ3n) is 3.52. The molecule has 1 N–H and O–H groups in total. The average Bonchev–Trinajstić information content (AvgIpc) is 2.91. The molecule has 19 heavy (non-hydrogen) atoms. The van der Waals surface area contributed by atoms with E-state index in [0.29, 0.717) is 6.54 Å². The molecule has 0 bridgehead atoms. The van der Waals surface area contributed by atoms with Crippen molar-refractivity contribution in [2.45, 2.75) is 26.2 Å². The van der Waals surface area contributed by atoms with Crippen molar-refractivity contribution in [3.63, 3.8) is 0 Å². The Kier molecular flexibility index (Phi) is 4.80. The normalized spacial score (nSPS) is 15.5. The minimum atomic E-state index is 0.0493. The highest BCUT2D eigenvalue weighted by atomic mass is 16.5. The van der Waals surface area contributed by atoms with Crippen molar-refractivity contribution in [1.29, 1.82) is 0 Å². The highest BCUT2D eigenvalue weighted by Gasteiger charge is 2.15. The molecule has 4 heteroatoms. The first-order valence-electron chi connectivity index (χ1n) is 6.92. The van der Waals surface area contributed by atoms with Crippen LogP contribution in [0.2, 0.25) is 0 Å². The standard InChI is InChI=1S/C15H22N2O2/c1-3-12-6-7-13(10-14(12)19-2)16-15(18)11-17-8-4-5-9-17/h6-7,10H,3-5,8-9,11H2,1-2H3,(H,16,18). The van der Waals surface area contributed by atoms with Gasteiger partial charge in [-0.15, -0.1) is 0 Å². The number of amides is 1. The molecule has 0 atom stereocenters. The fourth-order valence-corrected chi connectivity index (χ4v) is 2.46. The van der Waals surface area contributed by atoms with Gasteiger partial charge in [-0.25, -0.2) is 0 Å². The predicted molar refractivity (Wildman–Crippen MR) is 76.7 cm³/mol. The van der Waals surface area contributed by atoms with Gasteiger partial charge in [0.25, 0.3) is 0 Å². The largest absolute Gasteiger partial charge is 0.496 e. The summed E-state index contributed by atoms with van der Waals surface area (Å²) in [5.41, 5.74) is 1.96. The molecule has 0 aromatic heterocycles. The molecule has 1 heterocycles. The lowest BCUT2D eigenvalue weighted by Gasteiger charge is -2.15. The quantitative estimate of drug-likeness (QED) is 0.885. The molecule has 1 aromatic rings. The third-order valence-corrected chi connectivity index (χ3v) is 3.52. The monoisotopic (exact) mass is 262 g/mol. The van der Waals surface area contributed by atoms with Gasteiger partial charge in [-0.1, -0.05) is 13.0 Å². The first kappa shape index (κ1) is 13.9. The van der Waals surface area contributed by atoms with Crippen molar-refractivity contribution in [2.75, 3.05) is 32.1 Å². The Bertz CT molecular complexity index is 440. The van der Waals surface area contributed by atoms with E-state index < -0.39 is 0 Å². The Morgan fingerprint density at radius 1 is 1.37 bits per heavy atom. The molecule has 1 fully saturated rings. The number of benzene rings is 1. The van der Waals surface area contributed by atoms with Gasteiger partial charge in [0.15, 0.2) is 0 Å². The molecule has 4 nitrogen and oxygen atoms in total. The van der Waals surface area contributed by atoms with Crippen molar-refractivity contribution >= 4 is 11.6 Å². The number of methoxy groups -OCH3 is 1. The first-order valence-corrected chi connectivity index (χ1v) is 6.92. The van der Waals surface area contributed by atoms with Crippen LogP contribution < -0.4 is 10.1 Å². The Labute approximate surface area is 114 Å². The van der Waals surface area contributed by atoms with Gasteiger partial charge in [0.1, 0.15) is 5.75 Å². The molecule has 1 aliphatic heterocycles. The van der Waals surface area contributed by atoms with Gasteiger partial charge in [-0.3, -0.25) is 9.69 Å². The van der Waals surface area contributed by atoms with E-state index in [4.69, 9.17) is 4.74 Å². The summed E-state index contributed by atoms with van der Waals surface area (Å²) < 4.78 is 5.33. The van der Waals surface area contributed by atoms with Crippen LogP contribution in [0, 0.1) is 0 Å². The first-order chi connectivity index (χ1) is 9.22. The number of ether oxygens (including phenoxy) is 1. The summed E-state index contributed by atoms with van der Waals surface area (Å²) in [7, 11) is 1.66. The van der Waals surface area contributed by atoms with E-state index in [2.05, 4.69) is 17.1 Å². The van der Waals surface area contributed by atoms with Crippen LogP contribution in [0.15, 0.2) is 18.2 Å². The number of nitrogens with one attached hydrogen (secondary N) is 1. The summed E-state index contributed by atoms with van der Waals surface area (Å²) in [6, 6.07) is 5.83. The number of carbonyl (C=O) groups excluding carboxylic acids is 1. The lowest BCUT2D eigenvalue weighted by Crippen LogP contribution is -2.30. The minimum Gasteiger partial charge on any atom is -0.496 e. The maximum atomic E-state index is 11.9. The molecule has 1 aliphatic rings. The van der Waals surface area contributed by atoms with Crippen molar-refractivity contribution in [2.24, 2.45) is 0 Å². The zero-order valence-corrected chi connectivity index (χ0v) is 11.7. The number of aryl methyl sites for hydroxylation is 1. The van der Waals surface area contributed by atoms with E-state index >= 15 is 0 Å². The second-order valence-corrected chi connectivity index (χ2v) is 4.91. The van der Waals surface area contributed by atoms with Crippen LogP contribution in [0.5, 0.6) is 5.75 Å². The second-order valence-electron chi connectivity index (χ2n) is 4.91. The van der Waals surface area contributed by atoms with E-state index in [0.717, 1.165) is 36.5 Å². The van der Waals surface area contributed by atoms with Crippen LogP contribution in [-0.2, 0) is 11.2 Å². The summed E-state index contributed by atoms with van der Waals surface area (Å²) in [4.78, 5) is 14.1. The fourth-order valence-electron chi connectivity index (χ4n) is 2.46. The van der Waals surface area contributed by atoms with Gasteiger partial charge in [0.2, 0.25) is 5.91 Å². The number of hydrogen-bond acceptors (Lipinski definition) is 3. The van der Waals surface area contributed by atoms with Gasteiger partial charge in [-0.05, 0) is 44.0 Å². The van der Waals surface area contributed by atoms with Crippen molar-refractivity contribution in [1.82, 2.24) is 4.90 Å². The topological polar surface area (TPSA) is 41.6 Å². The lowest BCUT2D eigenvalue weighted by molar-refractivity contribution is -0.117.